The summed E-state index contributed by atoms with van der Waals surface area (Å²) < 4.78 is 0. The van der Waals surface area contributed by atoms with Crippen molar-refractivity contribution in [2.75, 3.05) is 11.9 Å². The molecule has 1 aromatic rings. The molecule has 2 rings (SSSR count). The van der Waals surface area contributed by atoms with E-state index in [9.17, 15) is 4.79 Å². The molecular formula is C18H28N2O. The van der Waals surface area contributed by atoms with Gasteiger partial charge in [-0.05, 0) is 69.2 Å². The standard InChI is InChI=1S/C18H28N2O/c1-4-14-6-9-16(10-7-14)20-18(21)15-8-11-17(19-5-2)13(3)12-15/h8,11-12,14,16,19H,4-7,9-10H2,1-3H3,(H,20,21). The summed E-state index contributed by atoms with van der Waals surface area (Å²) in [4.78, 5) is 12.4. The summed E-state index contributed by atoms with van der Waals surface area (Å²) in [5.41, 5.74) is 3.00. The fourth-order valence-electron chi connectivity index (χ4n) is 3.18. The van der Waals surface area contributed by atoms with Crippen LogP contribution in [0.25, 0.3) is 0 Å². The third-order valence-corrected chi connectivity index (χ3v) is 4.62. The summed E-state index contributed by atoms with van der Waals surface area (Å²) >= 11 is 0. The molecule has 0 saturated heterocycles. The number of amides is 1. The van der Waals surface area contributed by atoms with Gasteiger partial charge in [0.15, 0.2) is 0 Å². The van der Waals surface area contributed by atoms with Gasteiger partial charge < -0.3 is 10.6 Å². The first-order chi connectivity index (χ1) is 10.1. The Kier molecular flexibility index (Phi) is 5.66. The third-order valence-electron chi connectivity index (χ3n) is 4.62. The summed E-state index contributed by atoms with van der Waals surface area (Å²) in [6.07, 6.45) is 6.02. The van der Waals surface area contributed by atoms with Crippen molar-refractivity contribution >= 4 is 11.6 Å². The van der Waals surface area contributed by atoms with Gasteiger partial charge in [0.1, 0.15) is 0 Å². The number of hydrogen-bond donors (Lipinski definition) is 2. The van der Waals surface area contributed by atoms with Crippen LogP contribution in [-0.2, 0) is 0 Å². The summed E-state index contributed by atoms with van der Waals surface area (Å²) in [6, 6.07) is 6.25. The van der Waals surface area contributed by atoms with Gasteiger partial charge in [-0.3, -0.25) is 4.79 Å². The highest BCUT2D eigenvalue weighted by molar-refractivity contribution is 5.95. The number of benzene rings is 1. The van der Waals surface area contributed by atoms with Crippen molar-refractivity contribution in [3.63, 3.8) is 0 Å². The van der Waals surface area contributed by atoms with Gasteiger partial charge in [-0.15, -0.1) is 0 Å². The molecule has 3 nitrogen and oxygen atoms in total. The van der Waals surface area contributed by atoms with Crippen molar-refractivity contribution in [1.29, 1.82) is 0 Å². The van der Waals surface area contributed by atoms with E-state index in [1.165, 1.54) is 19.3 Å². The van der Waals surface area contributed by atoms with Crippen LogP contribution in [0.1, 0.15) is 61.9 Å². The van der Waals surface area contributed by atoms with Crippen LogP contribution in [0.2, 0.25) is 0 Å². The first-order valence-corrected chi connectivity index (χ1v) is 8.29. The van der Waals surface area contributed by atoms with Crippen LogP contribution in [0, 0.1) is 12.8 Å². The van der Waals surface area contributed by atoms with Crippen LogP contribution < -0.4 is 10.6 Å². The minimum Gasteiger partial charge on any atom is -0.385 e. The van der Waals surface area contributed by atoms with Crippen molar-refractivity contribution < 1.29 is 4.79 Å². The van der Waals surface area contributed by atoms with Crippen molar-refractivity contribution in [1.82, 2.24) is 5.32 Å². The SMILES string of the molecule is CCNc1ccc(C(=O)NC2CCC(CC)CC2)cc1C. The molecule has 0 atom stereocenters. The molecule has 21 heavy (non-hydrogen) atoms. The van der Waals surface area contributed by atoms with E-state index in [2.05, 4.69) is 24.5 Å². The van der Waals surface area contributed by atoms with Crippen molar-refractivity contribution in [3.05, 3.63) is 29.3 Å². The number of anilines is 1. The molecule has 1 amide bonds. The van der Waals surface area contributed by atoms with E-state index in [1.807, 2.05) is 25.1 Å². The molecule has 0 aromatic heterocycles. The lowest BCUT2D eigenvalue weighted by Crippen LogP contribution is -2.37. The number of carbonyl (C=O) groups excluding carboxylic acids is 1. The number of nitrogens with one attached hydrogen (secondary N) is 2. The molecule has 0 spiro atoms. The van der Waals surface area contributed by atoms with Crippen molar-refractivity contribution in [3.8, 4) is 0 Å². The minimum atomic E-state index is 0.0705. The normalized spacial score (nSPS) is 21.9. The summed E-state index contributed by atoms with van der Waals surface area (Å²) in [7, 11) is 0. The van der Waals surface area contributed by atoms with Crippen LogP contribution in [0.3, 0.4) is 0 Å². The molecule has 2 N–H and O–H groups in total. The Morgan fingerprint density at radius 2 is 1.90 bits per heavy atom. The van der Waals surface area contributed by atoms with Crippen LogP contribution in [-0.4, -0.2) is 18.5 Å². The molecule has 1 fully saturated rings. The lowest BCUT2D eigenvalue weighted by molar-refractivity contribution is 0.0921. The topological polar surface area (TPSA) is 41.1 Å². The highest BCUT2D eigenvalue weighted by Crippen LogP contribution is 2.26. The number of rotatable bonds is 5. The molecule has 0 unspecified atom stereocenters. The van der Waals surface area contributed by atoms with Gasteiger partial charge in [0.25, 0.3) is 5.91 Å². The van der Waals surface area contributed by atoms with Gasteiger partial charge in [-0.25, -0.2) is 0 Å². The van der Waals surface area contributed by atoms with E-state index in [1.54, 1.807) is 0 Å². The smallest absolute Gasteiger partial charge is 0.251 e. The fraction of sp³-hybridized carbons (Fsp3) is 0.611. The van der Waals surface area contributed by atoms with Crippen LogP contribution in [0.4, 0.5) is 5.69 Å². The van der Waals surface area contributed by atoms with E-state index in [-0.39, 0.29) is 5.91 Å². The maximum atomic E-state index is 12.4. The Balaban J connectivity index is 1.93. The molecule has 0 bridgehead atoms. The lowest BCUT2D eigenvalue weighted by atomic mass is 9.84. The quantitative estimate of drug-likeness (QED) is 0.855. The van der Waals surface area contributed by atoms with Crippen LogP contribution in [0.15, 0.2) is 18.2 Å². The van der Waals surface area contributed by atoms with Crippen LogP contribution in [0.5, 0.6) is 0 Å². The molecular weight excluding hydrogens is 260 g/mol. The molecule has 1 saturated carbocycles. The zero-order chi connectivity index (χ0) is 15.2. The molecule has 0 radical (unpaired) electrons. The summed E-state index contributed by atoms with van der Waals surface area (Å²) in [6.45, 7) is 7.28. The van der Waals surface area contributed by atoms with Gasteiger partial charge in [0.2, 0.25) is 0 Å². The Labute approximate surface area is 128 Å². The second-order valence-electron chi connectivity index (χ2n) is 6.16. The Hall–Kier alpha value is -1.51. The average Bonchev–Trinajstić information content (AvgIpc) is 2.50. The van der Waals surface area contributed by atoms with E-state index in [0.29, 0.717) is 6.04 Å². The Bertz CT molecular complexity index is 476. The van der Waals surface area contributed by atoms with Gasteiger partial charge in [-0.1, -0.05) is 13.3 Å². The third kappa shape index (κ3) is 4.23. The number of carbonyl (C=O) groups is 1. The largest absolute Gasteiger partial charge is 0.385 e. The minimum absolute atomic E-state index is 0.0705. The van der Waals surface area contributed by atoms with Crippen LogP contribution >= 0.6 is 0 Å². The summed E-state index contributed by atoms with van der Waals surface area (Å²) in [5, 5.41) is 6.50. The van der Waals surface area contributed by atoms with Crippen molar-refractivity contribution in [2.45, 2.75) is 58.9 Å². The zero-order valence-corrected chi connectivity index (χ0v) is 13.5. The van der Waals surface area contributed by atoms with E-state index in [0.717, 1.165) is 42.1 Å². The molecule has 116 valence electrons. The lowest BCUT2D eigenvalue weighted by Gasteiger charge is -2.28. The molecule has 0 heterocycles. The van der Waals surface area contributed by atoms with Gasteiger partial charge in [0, 0.05) is 23.8 Å². The Morgan fingerprint density at radius 3 is 2.48 bits per heavy atom. The average molecular weight is 288 g/mol. The van der Waals surface area contributed by atoms with E-state index >= 15 is 0 Å². The van der Waals surface area contributed by atoms with E-state index < -0.39 is 0 Å². The molecule has 1 aromatic carbocycles. The molecule has 1 aliphatic carbocycles. The highest BCUT2D eigenvalue weighted by Gasteiger charge is 2.21. The first kappa shape index (κ1) is 15.9. The first-order valence-electron chi connectivity index (χ1n) is 8.29. The van der Waals surface area contributed by atoms with E-state index in [4.69, 9.17) is 0 Å². The Morgan fingerprint density at radius 1 is 1.19 bits per heavy atom. The second-order valence-corrected chi connectivity index (χ2v) is 6.16. The maximum Gasteiger partial charge on any atom is 0.251 e. The summed E-state index contributed by atoms with van der Waals surface area (Å²) in [5.74, 6) is 0.931. The van der Waals surface area contributed by atoms with Gasteiger partial charge >= 0.3 is 0 Å². The highest BCUT2D eigenvalue weighted by atomic mass is 16.1. The predicted molar refractivity (Wildman–Crippen MR) is 88.8 cm³/mol. The van der Waals surface area contributed by atoms with Crippen molar-refractivity contribution in [2.24, 2.45) is 5.92 Å². The zero-order valence-electron chi connectivity index (χ0n) is 13.5. The molecule has 3 heteroatoms. The van der Waals surface area contributed by atoms with Gasteiger partial charge in [0.05, 0.1) is 0 Å². The fourth-order valence-corrected chi connectivity index (χ4v) is 3.18. The number of aryl methyl sites for hydroxylation is 1. The monoisotopic (exact) mass is 288 g/mol. The maximum absolute atomic E-state index is 12.4. The van der Waals surface area contributed by atoms with Gasteiger partial charge in [-0.2, -0.15) is 0 Å². The number of hydrogen-bond acceptors (Lipinski definition) is 2. The molecule has 0 aliphatic heterocycles. The molecule has 1 aliphatic rings. The second kappa shape index (κ2) is 7.48. The predicted octanol–water partition coefficient (Wildman–Crippen LogP) is 4.13.